The van der Waals surface area contributed by atoms with E-state index in [9.17, 15) is 0 Å². The van der Waals surface area contributed by atoms with Crippen molar-refractivity contribution in [1.82, 2.24) is 10.2 Å². The van der Waals surface area contributed by atoms with Gasteiger partial charge in [-0.05, 0) is 36.9 Å². The summed E-state index contributed by atoms with van der Waals surface area (Å²) in [6, 6.07) is 7.59. The summed E-state index contributed by atoms with van der Waals surface area (Å²) in [7, 11) is 0. The molecular weight excluding hydrogens is 236 g/mol. The van der Waals surface area contributed by atoms with Crippen LogP contribution >= 0.6 is 12.6 Å². The molecule has 5 heteroatoms. The van der Waals surface area contributed by atoms with Crippen LogP contribution in [0, 0.1) is 0 Å². The molecule has 0 aliphatic carbocycles. The highest BCUT2D eigenvalue weighted by molar-refractivity contribution is 7.80. The number of aryl methyl sites for hydroxylation is 1. The summed E-state index contributed by atoms with van der Waals surface area (Å²) in [5.74, 6) is 2.69. The molecule has 0 aliphatic heterocycles. The van der Waals surface area contributed by atoms with Crippen molar-refractivity contribution < 1.29 is 9.15 Å². The van der Waals surface area contributed by atoms with E-state index in [4.69, 9.17) is 9.15 Å². The first-order valence-corrected chi connectivity index (χ1v) is 6.13. The molecule has 90 valence electrons. The minimum Gasteiger partial charge on any atom is -0.494 e. The van der Waals surface area contributed by atoms with Gasteiger partial charge < -0.3 is 9.15 Å². The summed E-state index contributed by atoms with van der Waals surface area (Å²) in [6.45, 7) is 2.61. The molecule has 0 radical (unpaired) electrons. The first kappa shape index (κ1) is 12.0. The Labute approximate surface area is 105 Å². The van der Waals surface area contributed by atoms with Gasteiger partial charge in [0.05, 0.1) is 6.61 Å². The molecule has 1 aromatic heterocycles. The Hall–Kier alpha value is -1.49. The highest BCUT2D eigenvalue weighted by atomic mass is 32.1. The minimum absolute atomic E-state index is 0.532. The van der Waals surface area contributed by atoms with Gasteiger partial charge in [0.25, 0.3) is 0 Å². The van der Waals surface area contributed by atoms with Gasteiger partial charge in [-0.3, -0.25) is 0 Å². The third kappa shape index (κ3) is 3.00. The topological polar surface area (TPSA) is 48.2 Å². The fraction of sp³-hybridized carbons (Fsp3) is 0.333. The smallest absolute Gasteiger partial charge is 0.247 e. The Morgan fingerprint density at radius 2 is 2.00 bits per heavy atom. The molecule has 2 aromatic rings. The zero-order valence-electron chi connectivity index (χ0n) is 9.59. The number of thiol groups is 1. The van der Waals surface area contributed by atoms with Gasteiger partial charge in [-0.15, -0.1) is 10.2 Å². The summed E-state index contributed by atoms with van der Waals surface area (Å²) in [5, 5.41) is 7.93. The molecule has 17 heavy (non-hydrogen) atoms. The molecule has 4 nitrogen and oxygen atoms in total. The van der Waals surface area contributed by atoms with Gasteiger partial charge in [-0.25, -0.2) is 0 Å². The zero-order valence-corrected chi connectivity index (χ0v) is 10.5. The van der Waals surface area contributed by atoms with Crippen LogP contribution in [0.15, 0.2) is 28.7 Å². The molecular formula is C12H14N2O2S. The van der Waals surface area contributed by atoms with E-state index in [2.05, 4.69) is 22.8 Å². The molecule has 0 spiro atoms. The van der Waals surface area contributed by atoms with Crippen molar-refractivity contribution in [3.8, 4) is 17.2 Å². The van der Waals surface area contributed by atoms with Crippen molar-refractivity contribution in [2.24, 2.45) is 0 Å². The average molecular weight is 250 g/mol. The predicted molar refractivity (Wildman–Crippen MR) is 68.5 cm³/mol. The maximum Gasteiger partial charge on any atom is 0.247 e. The second-order valence-corrected chi connectivity index (χ2v) is 3.88. The Morgan fingerprint density at radius 1 is 1.24 bits per heavy atom. The van der Waals surface area contributed by atoms with E-state index >= 15 is 0 Å². The fourth-order valence-corrected chi connectivity index (χ4v) is 1.62. The fourth-order valence-electron chi connectivity index (χ4n) is 1.43. The number of ether oxygens (including phenoxy) is 1. The van der Waals surface area contributed by atoms with Crippen LogP contribution in [-0.4, -0.2) is 22.6 Å². The normalized spacial score (nSPS) is 10.5. The average Bonchev–Trinajstić information content (AvgIpc) is 2.80. The Balaban J connectivity index is 2.15. The third-order valence-electron chi connectivity index (χ3n) is 2.20. The maximum absolute atomic E-state index is 5.50. The van der Waals surface area contributed by atoms with Crippen LogP contribution in [0.25, 0.3) is 11.5 Å². The minimum atomic E-state index is 0.532. The molecule has 0 amide bonds. The van der Waals surface area contributed by atoms with E-state index in [1.54, 1.807) is 0 Å². The van der Waals surface area contributed by atoms with E-state index < -0.39 is 0 Å². The lowest BCUT2D eigenvalue weighted by atomic mass is 10.2. The van der Waals surface area contributed by atoms with E-state index in [0.29, 0.717) is 30.6 Å². The molecule has 0 N–H and O–H groups in total. The van der Waals surface area contributed by atoms with Gasteiger partial charge in [-0.2, -0.15) is 12.6 Å². The molecule has 1 heterocycles. The van der Waals surface area contributed by atoms with Crippen LogP contribution < -0.4 is 4.74 Å². The van der Waals surface area contributed by atoms with Crippen LogP contribution in [-0.2, 0) is 6.42 Å². The second-order valence-electron chi connectivity index (χ2n) is 3.43. The van der Waals surface area contributed by atoms with Crippen molar-refractivity contribution in [2.75, 3.05) is 12.4 Å². The Morgan fingerprint density at radius 3 is 2.65 bits per heavy atom. The van der Waals surface area contributed by atoms with E-state index in [0.717, 1.165) is 11.3 Å². The van der Waals surface area contributed by atoms with Gasteiger partial charge >= 0.3 is 0 Å². The monoisotopic (exact) mass is 250 g/mol. The van der Waals surface area contributed by atoms with Crippen molar-refractivity contribution in [3.63, 3.8) is 0 Å². The third-order valence-corrected chi connectivity index (χ3v) is 2.43. The first-order chi connectivity index (χ1) is 8.33. The van der Waals surface area contributed by atoms with Crippen molar-refractivity contribution >= 4 is 12.6 Å². The molecule has 0 fully saturated rings. The number of benzene rings is 1. The van der Waals surface area contributed by atoms with Gasteiger partial charge in [0.1, 0.15) is 5.75 Å². The van der Waals surface area contributed by atoms with Crippen LogP contribution in [0.3, 0.4) is 0 Å². The SMILES string of the molecule is CCOc1ccc(-c2nnc(CCS)o2)cc1. The van der Waals surface area contributed by atoms with Gasteiger partial charge in [0, 0.05) is 12.0 Å². The lowest BCUT2D eigenvalue weighted by Gasteiger charge is -2.02. The largest absolute Gasteiger partial charge is 0.494 e. The highest BCUT2D eigenvalue weighted by Gasteiger charge is 2.07. The predicted octanol–water partition coefficient (Wildman–Crippen LogP) is 2.61. The Kier molecular flexibility index (Phi) is 4.03. The van der Waals surface area contributed by atoms with Crippen LogP contribution in [0.1, 0.15) is 12.8 Å². The summed E-state index contributed by atoms with van der Waals surface area (Å²) in [5.41, 5.74) is 0.895. The molecule has 0 aliphatic rings. The molecule has 0 saturated heterocycles. The van der Waals surface area contributed by atoms with E-state index in [1.165, 1.54) is 0 Å². The zero-order chi connectivity index (χ0) is 12.1. The Bertz CT molecular complexity index is 468. The van der Waals surface area contributed by atoms with Crippen molar-refractivity contribution in [3.05, 3.63) is 30.2 Å². The van der Waals surface area contributed by atoms with Crippen molar-refractivity contribution in [1.29, 1.82) is 0 Å². The quantitative estimate of drug-likeness (QED) is 0.829. The van der Waals surface area contributed by atoms with Gasteiger partial charge in [-0.1, -0.05) is 0 Å². The van der Waals surface area contributed by atoms with Crippen molar-refractivity contribution in [2.45, 2.75) is 13.3 Å². The summed E-state index contributed by atoms with van der Waals surface area (Å²) in [4.78, 5) is 0. The maximum atomic E-state index is 5.50. The number of hydrogen-bond donors (Lipinski definition) is 1. The molecule has 2 rings (SSSR count). The summed E-state index contributed by atoms with van der Waals surface area (Å²) < 4.78 is 10.9. The first-order valence-electron chi connectivity index (χ1n) is 5.50. The van der Waals surface area contributed by atoms with Gasteiger partial charge in [0.15, 0.2) is 0 Å². The number of aromatic nitrogens is 2. The molecule has 0 atom stereocenters. The molecule has 0 saturated carbocycles. The summed E-state index contributed by atoms with van der Waals surface area (Å²) in [6.07, 6.45) is 0.688. The lowest BCUT2D eigenvalue weighted by molar-refractivity contribution is 0.340. The number of hydrogen-bond acceptors (Lipinski definition) is 5. The van der Waals surface area contributed by atoms with Gasteiger partial charge in [0.2, 0.25) is 11.8 Å². The standard InChI is InChI=1S/C12H14N2O2S/c1-2-15-10-5-3-9(4-6-10)12-14-13-11(16-12)7-8-17/h3-6,17H,2,7-8H2,1H3. The molecule has 0 unspecified atom stereocenters. The van der Waals surface area contributed by atoms with E-state index in [1.807, 2.05) is 31.2 Å². The second kappa shape index (κ2) is 5.72. The molecule has 0 bridgehead atoms. The molecule has 1 aromatic carbocycles. The van der Waals surface area contributed by atoms with E-state index in [-0.39, 0.29) is 0 Å². The van der Waals surface area contributed by atoms with Crippen LogP contribution in [0.2, 0.25) is 0 Å². The number of rotatable bonds is 5. The number of nitrogens with zero attached hydrogens (tertiary/aromatic N) is 2. The summed E-state index contributed by atoms with van der Waals surface area (Å²) >= 11 is 4.12. The lowest BCUT2D eigenvalue weighted by Crippen LogP contribution is -1.90. The van der Waals surface area contributed by atoms with Crippen LogP contribution in [0.4, 0.5) is 0 Å². The highest BCUT2D eigenvalue weighted by Crippen LogP contribution is 2.21. The van der Waals surface area contributed by atoms with Crippen LogP contribution in [0.5, 0.6) is 5.75 Å².